The van der Waals surface area contributed by atoms with Gasteiger partial charge in [-0.3, -0.25) is 4.79 Å². The number of halogens is 1. The van der Waals surface area contributed by atoms with Crippen molar-refractivity contribution in [3.8, 4) is 11.5 Å². The number of methoxy groups -OCH3 is 2. The van der Waals surface area contributed by atoms with Gasteiger partial charge in [0.1, 0.15) is 0 Å². The van der Waals surface area contributed by atoms with Crippen molar-refractivity contribution in [3.63, 3.8) is 0 Å². The van der Waals surface area contributed by atoms with Gasteiger partial charge in [-0.25, -0.2) is 0 Å². The molecule has 108 valence electrons. The van der Waals surface area contributed by atoms with Crippen molar-refractivity contribution < 1.29 is 14.3 Å². The maximum atomic E-state index is 11.9. The van der Waals surface area contributed by atoms with Gasteiger partial charge in [-0.2, -0.15) is 0 Å². The minimum atomic E-state index is 0.189. The van der Waals surface area contributed by atoms with Crippen molar-refractivity contribution in [3.05, 3.63) is 28.3 Å². The zero-order valence-corrected chi connectivity index (χ0v) is 12.7. The van der Waals surface area contributed by atoms with Crippen molar-refractivity contribution in [1.82, 2.24) is 4.90 Å². The highest BCUT2D eigenvalue weighted by Crippen LogP contribution is 2.36. The second-order valence-electron chi connectivity index (χ2n) is 4.82. The summed E-state index contributed by atoms with van der Waals surface area (Å²) in [7, 11) is 5.11. The van der Waals surface area contributed by atoms with E-state index in [1.54, 1.807) is 20.3 Å². The summed E-state index contributed by atoms with van der Waals surface area (Å²) in [6.07, 6.45) is 2.43. The average molecular weight is 296 g/mol. The van der Waals surface area contributed by atoms with Crippen LogP contribution in [0.4, 0.5) is 0 Å². The molecule has 1 aromatic rings. The maximum Gasteiger partial charge on any atom is 0.179 e. The van der Waals surface area contributed by atoms with E-state index in [2.05, 4.69) is 4.90 Å². The van der Waals surface area contributed by atoms with Gasteiger partial charge in [0.05, 0.1) is 19.2 Å². The Morgan fingerprint density at radius 3 is 2.70 bits per heavy atom. The molecule has 1 aliphatic heterocycles. The lowest BCUT2D eigenvalue weighted by molar-refractivity contribution is -0.117. The van der Waals surface area contributed by atoms with Crippen LogP contribution < -0.4 is 9.47 Å². The van der Waals surface area contributed by atoms with Crippen LogP contribution in [0, 0.1) is 0 Å². The molecule has 1 fully saturated rings. The van der Waals surface area contributed by atoms with Crippen molar-refractivity contribution in [2.45, 2.75) is 6.42 Å². The van der Waals surface area contributed by atoms with E-state index < -0.39 is 0 Å². The third-order valence-corrected chi connectivity index (χ3v) is 3.60. The first-order chi connectivity index (χ1) is 9.55. The molecule has 1 aromatic carbocycles. The zero-order chi connectivity index (χ0) is 14.7. The Morgan fingerprint density at radius 1 is 1.30 bits per heavy atom. The largest absolute Gasteiger partial charge is 0.493 e. The van der Waals surface area contributed by atoms with E-state index >= 15 is 0 Å². The molecule has 0 bridgehead atoms. The Bertz CT molecular complexity index is 554. The smallest absolute Gasteiger partial charge is 0.179 e. The molecule has 0 spiro atoms. The van der Waals surface area contributed by atoms with E-state index in [1.165, 1.54) is 0 Å². The molecule has 0 aliphatic carbocycles. The highest BCUT2D eigenvalue weighted by Gasteiger charge is 2.19. The van der Waals surface area contributed by atoms with E-state index in [0.717, 1.165) is 17.7 Å². The number of benzene rings is 1. The second-order valence-corrected chi connectivity index (χ2v) is 5.23. The van der Waals surface area contributed by atoms with Gasteiger partial charge in [0.15, 0.2) is 17.3 Å². The summed E-state index contributed by atoms with van der Waals surface area (Å²) >= 11 is 6.17. The molecular formula is C15H18ClNO3. The van der Waals surface area contributed by atoms with Gasteiger partial charge in [0.2, 0.25) is 0 Å². The molecule has 0 amide bonds. The molecule has 1 saturated heterocycles. The number of rotatable bonds is 3. The number of hydrogen-bond donors (Lipinski definition) is 0. The van der Waals surface area contributed by atoms with Crippen LogP contribution in [-0.4, -0.2) is 45.0 Å². The number of nitrogens with zero attached hydrogens (tertiary/aromatic N) is 1. The van der Waals surface area contributed by atoms with Gasteiger partial charge in [0, 0.05) is 25.1 Å². The van der Waals surface area contributed by atoms with Crippen molar-refractivity contribution >= 4 is 23.5 Å². The minimum absolute atomic E-state index is 0.189. The summed E-state index contributed by atoms with van der Waals surface area (Å²) in [4.78, 5) is 14.0. The average Bonchev–Trinajstić information content (AvgIpc) is 2.42. The summed E-state index contributed by atoms with van der Waals surface area (Å²) in [5.74, 6) is 1.25. The van der Waals surface area contributed by atoms with Crippen LogP contribution >= 0.6 is 11.6 Å². The monoisotopic (exact) mass is 295 g/mol. The number of hydrogen-bond acceptors (Lipinski definition) is 4. The normalized spacial score (nSPS) is 18.4. The van der Waals surface area contributed by atoms with Crippen LogP contribution in [0.25, 0.3) is 6.08 Å². The van der Waals surface area contributed by atoms with E-state index in [4.69, 9.17) is 21.1 Å². The standard InChI is InChI=1S/C15H18ClNO3/c1-17-5-4-13(18)11(9-17)6-10-7-12(16)15(20-3)14(8-10)19-2/h6-8H,4-5,9H2,1-3H3/b11-6+. The van der Waals surface area contributed by atoms with E-state index in [-0.39, 0.29) is 5.78 Å². The third-order valence-electron chi connectivity index (χ3n) is 3.32. The predicted molar refractivity (Wildman–Crippen MR) is 79.7 cm³/mol. The van der Waals surface area contributed by atoms with Crippen LogP contribution in [0.15, 0.2) is 17.7 Å². The summed E-state index contributed by atoms with van der Waals surface area (Å²) in [6.45, 7) is 1.47. The number of carbonyl (C=O) groups is 1. The molecule has 0 radical (unpaired) electrons. The lowest BCUT2D eigenvalue weighted by Crippen LogP contribution is -2.32. The van der Waals surface area contributed by atoms with Crippen LogP contribution in [0.5, 0.6) is 11.5 Å². The fraction of sp³-hybridized carbons (Fsp3) is 0.400. The van der Waals surface area contributed by atoms with Crippen molar-refractivity contribution in [1.29, 1.82) is 0 Å². The second kappa shape index (κ2) is 6.29. The zero-order valence-electron chi connectivity index (χ0n) is 11.9. The Balaban J connectivity index is 2.38. The third kappa shape index (κ3) is 3.14. The Hall–Kier alpha value is -1.52. The van der Waals surface area contributed by atoms with Gasteiger partial charge in [-0.1, -0.05) is 11.6 Å². The number of likely N-dealkylation sites (tertiary alicyclic amines) is 1. The number of Topliss-reactive ketones (excluding diaryl/α,β-unsaturated/α-hetero) is 1. The minimum Gasteiger partial charge on any atom is -0.493 e. The highest BCUT2D eigenvalue weighted by molar-refractivity contribution is 6.32. The number of ether oxygens (including phenoxy) is 2. The molecule has 0 unspecified atom stereocenters. The molecule has 0 N–H and O–H groups in total. The summed E-state index contributed by atoms with van der Waals surface area (Å²) in [6, 6.07) is 3.59. The first kappa shape index (κ1) is 14.9. The van der Waals surface area contributed by atoms with Crippen LogP contribution in [0.1, 0.15) is 12.0 Å². The van der Waals surface area contributed by atoms with Crippen LogP contribution in [0.3, 0.4) is 0 Å². The van der Waals surface area contributed by atoms with E-state index in [9.17, 15) is 4.79 Å². The molecule has 5 heteroatoms. The SMILES string of the molecule is COc1cc(/C=C2\CN(C)CCC2=O)cc(Cl)c1OC. The number of carbonyl (C=O) groups excluding carboxylic acids is 1. The molecular weight excluding hydrogens is 278 g/mol. The van der Waals surface area contributed by atoms with Crippen LogP contribution in [0.2, 0.25) is 5.02 Å². The number of likely N-dealkylation sites (N-methyl/N-ethyl adjacent to an activating group) is 1. The van der Waals surface area contributed by atoms with Gasteiger partial charge >= 0.3 is 0 Å². The predicted octanol–water partition coefficient (Wildman–Crippen LogP) is 2.65. The highest BCUT2D eigenvalue weighted by atomic mass is 35.5. The van der Waals surface area contributed by atoms with Gasteiger partial charge in [0.25, 0.3) is 0 Å². The quantitative estimate of drug-likeness (QED) is 0.804. The molecule has 1 heterocycles. The number of ketones is 1. The lowest BCUT2D eigenvalue weighted by atomic mass is 10.0. The molecule has 20 heavy (non-hydrogen) atoms. The Labute approximate surface area is 123 Å². The Morgan fingerprint density at radius 2 is 2.05 bits per heavy atom. The molecule has 2 rings (SSSR count). The molecule has 0 aromatic heterocycles. The van der Waals surface area contributed by atoms with Crippen LogP contribution in [-0.2, 0) is 4.79 Å². The fourth-order valence-corrected chi connectivity index (χ4v) is 2.56. The van der Waals surface area contributed by atoms with Gasteiger partial charge in [-0.05, 0) is 30.8 Å². The van der Waals surface area contributed by atoms with Gasteiger partial charge < -0.3 is 14.4 Å². The van der Waals surface area contributed by atoms with E-state index in [1.807, 2.05) is 19.2 Å². The van der Waals surface area contributed by atoms with E-state index in [0.29, 0.717) is 29.5 Å². The van der Waals surface area contributed by atoms with Crippen molar-refractivity contribution in [2.75, 3.05) is 34.4 Å². The summed E-state index contributed by atoms with van der Waals surface area (Å²) in [5.41, 5.74) is 1.63. The Kier molecular flexibility index (Phi) is 4.68. The fourth-order valence-electron chi connectivity index (χ4n) is 2.26. The molecule has 0 atom stereocenters. The summed E-state index contributed by atoms with van der Waals surface area (Å²) < 4.78 is 10.5. The maximum absolute atomic E-state index is 11.9. The molecule has 1 aliphatic rings. The van der Waals surface area contributed by atoms with Gasteiger partial charge in [-0.15, -0.1) is 0 Å². The summed E-state index contributed by atoms with van der Waals surface area (Å²) in [5, 5.41) is 0.468. The topological polar surface area (TPSA) is 38.8 Å². The van der Waals surface area contributed by atoms with Crippen molar-refractivity contribution in [2.24, 2.45) is 0 Å². The molecule has 4 nitrogen and oxygen atoms in total. The molecule has 0 saturated carbocycles. The number of piperidine rings is 1. The first-order valence-corrected chi connectivity index (χ1v) is 6.76. The first-order valence-electron chi connectivity index (χ1n) is 6.39. The lowest BCUT2D eigenvalue weighted by Gasteiger charge is -2.23.